The molecular formula is C25H20N4O3S. The average Bonchev–Trinajstić information content (AvgIpc) is 3.34. The maximum Gasteiger partial charge on any atom is 0.277 e. The zero-order valence-corrected chi connectivity index (χ0v) is 18.7. The van der Waals surface area contributed by atoms with E-state index in [1.807, 2.05) is 72.8 Å². The third kappa shape index (κ3) is 4.51. The van der Waals surface area contributed by atoms with Gasteiger partial charge in [-0.3, -0.25) is 4.79 Å². The molecule has 164 valence electrons. The molecule has 0 spiro atoms. The highest BCUT2D eigenvalue weighted by Gasteiger charge is 2.18. The van der Waals surface area contributed by atoms with Gasteiger partial charge in [0, 0.05) is 11.1 Å². The largest absolute Gasteiger partial charge is 0.497 e. The maximum absolute atomic E-state index is 13.0. The van der Waals surface area contributed by atoms with Gasteiger partial charge in [0.15, 0.2) is 5.69 Å². The number of hydrogen-bond donors (Lipinski definition) is 0. The van der Waals surface area contributed by atoms with Gasteiger partial charge in [0.1, 0.15) is 5.75 Å². The van der Waals surface area contributed by atoms with Crippen LogP contribution in [0.3, 0.4) is 0 Å². The Morgan fingerprint density at radius 2 is 1.61 bits per heavy atom. The van der Waals surface area contributed by atoms with Crippen LogP contribution in [0.2, 0.25) is 0 Å². The van der Waals surface area contributed by atoms with E-state index in [0.717, 1.165) is 16.9 Å². The first-order valence-corrected chi connectivity index (χ1v) is 11.3. The summed E-state index contributed by atoms with van der Waals surface area (Å²) in [7, 11) is 1.64. The van der Waals surface area contributed by atoms with Gasteiger partial charge >= 0.3 is 0 Å². The first kappa shape index (κ1) is 21.0. The van der Waals surface area contributed by atoms with Gasteiger partial charge in [-0.05, 0) is 29.3 Å². The SMILES string of the molecule is COc1ccc(CSc2nnc(-c3nn(Cc4ccccc4)c(=O)c4ccccc34)o2)cc1. The molecule has 0 saturated carbocycles. The summed E-state index contributed by atoms with van der Waals surface area (Å²) in [6, 6.07) is 24.9. The predicted molar refractivity (Wildman–Crippen MR) is 127 cm³/mol. The molecule has 33 heavy (non-hydrogen) atoms. The third-order valence-electron chi connectivity index (χ3n) is 5.17. The number of ether oxygens (including phenoxy) is 1. The fraction of sp³-hybridized carbons (Fsp3) is 0.120. The first-order valence-electron chi connectivity index (χ1n) is 10.3. The summed E-state index contributed by atoms with van der Waals surface area (Å²) in [6.07, 6.45) is 0. The Morgan fingerprint density at radius 3 is 2.36 bits per heavy atom. The minimum atomic E-state index is -0.160. The van der Waals surface area contributed by atoms with Crippen LogP contribution in [-0.2, 0) is 12.3 Å². The summed E-state index contributed by atoms with van der Waals surface area (Å²) in [5.74, 6) is 1.77. The van der Waals surface area contributed by atoms with Gasteiger partial charge in [-0.2, -0.15) is 5.10 Å². The second kappa shape index (κ2) is 9.30. The molecule has 3 aromatic carbocycles. The highest BCUT2D eigenvalue weighted by molar-refractivity contribution is 7.98. The lowest BCUT2D eigenvalue weighted by Crippen LogP contribution is -2.24. The molecule has 0 aliphatic carbocycles. The van der Waals surface area contributed by atoms with E-state index in [1.165, 1.54) is 16.4 Å². The van der Waals surface area contributed by atoms with Crippen LogP contribution in [0.15, 0.2) is 93.3 Å². The van der Waals surface area contributed by atoms with Crippen molar-refractivity contribution in [1.29, 1.82) is 0 Å². The molecule has 0 aliphatic heterocycles. The molecular weight excluding hydrogens is 436 g/mol. The third-order valence-corrected chi connectivity index (χ3v) is 6.06. The number of methoxy groups -OCH3 is 1. The van der Waals surface area contributed by atoms with Crippen molar-refractivity contribution in [2.75, 3.05) is 7.11 Å². The smallest absolute Gasteiger partial charge is 0.277 e. The molecule has 0 fully saturated rings. The van der Waals surface area contributed by atoms with E-state index in [0.29, 0.717) is 34.0 Å². The van der Waals surface area contributed by atoms with E-state index in [-0.39, 0.29) is 11.4 Å². The summed E-state index contributed by atoms with van der Waals surface area (Å²) in [5.41, 5.74) is 2.42. The fourth-order valence-electron chi connectivity index (χ4n) is 3.49. The average molecular weight is 457 g/mol. The van der Waals surface area contributed by atoms with E-state index < -0.39 is 0 Å². The van der Waals surface area contributed by atoms with Gasteiger partial charge in [0.05, 0.1) is 19.0 Å². The number of hydrogen-bond acceptors (Lipinski definition) is 7. The molecule has 0 unspecified atom stereocenters. The topological polar surface area (TPSA) is 83.0 Å². The number of thioether (sulfide) groups is 1. The highest BCUT2D eigenvalue weighted by Crippen LogP contribution is 2.28. The van der Waals surface area contributed by atoms with Crippen LogP contribution in [0.5, 0.6) is 5.75 Å². The second-order valence-corrected chi connectivity index (χ2v) is 8.28. The minimum absolute atomic E-state index is 0.160. The zero-order chi connectivity index (χ0) is 22.6. The van der Waals surface area contributed by atoms with Crippen molar-refractivity contribution in [2.24, 2.45) is 0 Å². The van der Waals surface area contributed by atoms with Crippen molar-refractivity contribution in [3.63, 3.8) is 0 Å². The fourth-order valence-corrected chi connectivity index (χ4v) is 4.21. The van der Waals surface area contributed by atoms with E-state index in [4.69, 9.17) is 9.15 Å². The molecule has 0 amide bonds. The normalized spacial score (nSPS) is 11.1. The van der Waals surface area contributed by atoms with Crippen LogP contribution < -0.4 is 10.3 Å². The molecule has 2 heterocycles. The van der Waals surface area contributed by atoms with Gasteiger partial charge in [-0.15, -0.1) is 10.2 Å². The second-order valence-electron chi connectivity index (χ2n) is 7.35. The maximum atomic E-state index is 13.0. The number of benzene rings is 3. The summed E-state index contributed by atoms with van der Waals surface area (Å²) < 4.78 is 12.6. The van der Waals surface area contributed by atoms with Gasteiger partial charge in [-0.1, -0.05) is 72.4 Å². The lowest BCUT2D eigenvalue weighted by molar-refractivity contribution is 0.414. The molecule has 0 N–H and O–H groups in total. The monoisotopic (exact) mass is 456 g/mol. The molecule has 0 saturated heterocycles. The van der Waals surface area contributed by atoms with Crippen molar-refractivity contribution in [3.05, 3.63) is 100 Å². The van der Waals surface area contributed by atoms with Crippen LogP contribution in [0.1, 0.15) is 11.1 Å². The van der Waals surface area contributed by atoms with Crippen LogP contribution in [0, 0.1) is 0 Å². The van der Waals surface area contributed by atoms with Gasteiger partial charge in [0.2, 0.25) is 0 Å². The molecule has 8 heteroatoms. The van der Waals surface area contributed by atoms with Crippen molar-refractivity contribution in [3.8, 4) is 17.3 Å². The van der Waals surface area contributed by atoms with E-state index in [2.05, 4.69) is 15.3 Å². The van der Waals surface area contributed by atoms with Crippen molar-refractivity contribution in [2.45, 2.75) is 17.5 Å². The number of fused-ring (bicyclic) bond motifs is 1. The summed E-state index contributed by atoms with van der Waals surface area (Å²) >= 11 is 1.44. The molecule has 0 bridgehead atoms. The summed E-state index contributed by atoms with van der Waals surface area (Å²) in [5, 5.41) is 14.7. The van der Waals surface area contributed by atoms with Gasteiger partial charge in [0.25, 0.3) is 16.7 Å². The molecule has 0 radical (unpaired) electrons. The van der Waals surface area contributed by atoms with Crippen molar-refractivity contribution in [1.82, 2.24) is 20.0 Å². The first-order chi connectivity index (χ1) is 16.2. The Balaban J connectivity index is 1.46. The summed E-state index contributed by atoms with van der Waals surface area (Å²) in [6.45, 7) is 0.352. The highest BCUT2D eigenvalue weighted by atomic mass is 32.2. The quantitative estimate of drug-likeness (QED) is 0.326. The minimum Gasteiger partial charge on any atom is -0.497 e. The Hall–Kier alpha value is -3.91. The molecule has 0 atom stereocenters. The lowest BCUT2D eigenvalue weighted by atomic mass is 10.1. The van der Waals surface area contributed by atoms with Gasteiger partial charge in [-0.25, -0.2) is 4.68 Å². The number of rotatable bonds is 7. The van der Waals surface area contributed by atoms with E-state index >= 15 is 0 Å². The van der Waals surface area contributed by atoms with Crippen LogP contribution in [0.25, 0.3) is 22.4 Å². The molecule has 5 aromatic rings. The van der Waals surface area contributed by atoms with E-state index in [9.17, 15) is 4.79 Å². The van der Waals surface area contributed by atoms with Crippen LogP contribution >= 0.6 is 11.8 Å². The lowest BCUT2D eigenvalue weighted by Gasteiger charge is -2.09. The van der Waals surface area contributed by atoms with Gasteiger partial charge < -0.3 is 9.15 Å². The molecule has 2 aromatic heterocycles. The Labute approximate surface area is 194 Å². The Bertz CT molecular complexity index is 1450. The number of aromatic nitrogens is 4. The van der Waals surface area contributed by atoms with Crippen molar-refractivity contribution >= 4 is 22.5 Å². The molecule has 0 aliphatic rings. The standard InChI is InChI=1S/C25H20N4O3S/c1-31-19-13-11-18(12-14-19)16-33-25-27-26-23(32-25)22-20-9-5-6-10-21(20)24(30)29(28-22)15-17-7-3-2-4-8-17/h2-14H,15-16H2,1H3. The Morgan fingerprint density at radius 1 is 0.879 bits per heavy atom. The van der Waals surface area contributed by atoms with E-state index in [1.54, 1.807) is 13.2 Å². The van der Waals surface area contributed by atoms with Crippen molar-refractivity contribution < 1.29 is 9.15 Å². The molecule has 7 nitrogen and oxygen atoms in total. The molecule has 5 rings (SSSR count). The Kier molecular flexibility index (Phi) is 5.91. The predicted octanol–water partition coefficient (Wildman–Crippen LogP) is 4.80. The number of nitrogens with zero attached hydrogens (tertiary/aromatic N) is 4. The van der Waals surface area contributed by atoms with Crippen LogP contribution in [0.4, 0.5) is 0 Å². The summed E-state index contributed by atoms with van der Waals surface area (Å²) in [4.78, 5) is 13.0. The van der Waals surface area contributed by atoms with Crippen LogP contribution in [-0.4, -0.2) is 27.1 Å². The zero-order valence-electron chi connectivity index (χ0n) is 17.8.